The van der Waals surface area contributed by atoms with Gasteiger partial charge in [-0.1, -0.05) is 37.3 Å². The van der Waals surface area contributed by atoms with Gasteiger partial charge in [-0.05, 0) is 44.5 Å². The van der Waals surface area contributed by atoms with Crippen LogP contribution in [0.5, 0.6) is 0 Å². The third-order valence-electron chi connectivity index (χ3n) is 5.94. The summed E-state index contributed by atoms with van der Waals surface area (Å²) in [5, 5.41) is 10.8. The molecule has 1 aromatic carbocycles. The van der Waals surface area contributed by atoms with E-state index in [1.165, 1.54) is 0 Å². The highest BCUT2D eigenvalue weighted by Crippen LogP contribution is 2.40. The molecule has 1 aliphatic carbocycles. The predicted molar refractivity (Wildman–Crippen MR) is 129 cm³/mol. The van der Waals surface area contributed by atoms with Crippen LogP contribution in [0.25, 0.3) is 28.2 Å². The normalized spacial score (nSPS) is 14.4. The van der Waals surface area contributed by atoms with E-state index < -0.39 is 0 Å². The average molecular weight is 441 g/mol. The number of amides is 1. The standard InChI is InChI=1S/C26H28N6O/c1-3-27-17(2)15-28-26(33)20-13-23(19-9-10-19)30-24(14-20)21-16-29-32-12-11-22(31-25(21)32)18-7-5-4-6-8-18/h4-8,11-14,16-17,19,27H,3,9-10,15H2,1-2H3,(H,28,33). The molecule has 1 fully saturated rings. The number of carbonyl (C=O) groups is 1. The van der Waals surface area contributed by atoms with Gasteiger partial charge in [-0.15, -0.1) is 0 Å². The van der Waals surface area contributed by atoms with E-state index in [0.29, 0.717) is 18.0 Å². The fourth-order valence-corrected chi connectivity index (χ4v) is 4.00. The van der Waals surface area contributed by atoms with Crippen molar-refractivity contribution in [2.75, 3.05) is 13.1 Å². The number of benzene rings is 1. The predicted octanol–water partition coefficient (Wildman–Crippen LogP) is 4.06. The Balaban J connectivity index is 1.51. The van der Waals surface area contributed by atoms with Crippen LogP contribution in [-0.4, -0.2) is 44.6 Å². The molecule has 4 aromatic rings. The smallest absolute Gasteiger partial charge is 0.251 e. The highest BCUT2D eigenvalue weighted by molar-refractivity contribution is 5.95. The minimum absolute atomic E-state index is 0.0836. The van der Waals surface area contributed by atoms with Crippen molar-refractivity contribution in [1.29, 1.82) is 0 Å². The van der Waals surface area contributed by atoms with E-state index in [1.54, 1.807) is 10.7 Å². The fourth-order valence-electron chi connectivity index (χ4n) is 4.00. The van der Waals surface area contributed by atoms with E-state index in [1.807, 2.05) is 54.7 Å². The molecule has 1 saturated carbocycles. The molecule has 3 heterocycles. The first-order valence-electron chi connectivity index (χ1n) is 11.6. The highest BCUT2D eigenvalue weighted by Gasteiger charge is 2.27. The Morgan fingerprint density at radius 1 is 1.12 bits per heavy atom. The van der Waals surface area contributed by atoms with Gasteiger partial charge in [-0.2, -0.15) is 5.10 Å². The lowest BCUT2D eigenvalue weighted by Crippen LogP contribution is -2.38. The summed E-state index contributed by atoms with van der Waals surface area (Å²) >= 11 is 0. The van der Waals surface area contributed by atoms with Crippen molar-refractivity contribution < 1.29 is 4.79 Å². The first kappa shape index (κ1) is 21.3. The molecule has 0 spiro atoms. The summed E-state index contributed by atoms with van der Waals surface area (Å²) in [7, 11) is 0. The van der Waals surface area contributed by atoms with E-state index in [0.717, 1.165) is 53.2 Å². The van der Waals surface area contributed by atoms with Crippen LogP contribution in [0.15, 0.2) is 60.9 Å². The Morgan fingerprint density at radius 2 is 1.94 bits per heavy atom. The Morgan fingerprint density at radius 3 is 2.70 bits per heavy atom. The topological polar surface area (TPSA) is 84.2 Å². The summed E-state index contributed by atoms with van der Waals surface area (Å²) in [6, 6.07) is 16.0. The molecule has 168 valence electrons. The van der Waals surface area contributed by atoms with Crippen molar-refractivity contribution in [3.63, 3.8) is 0 Å². The van der Waals surface area contributed by atoms with Gasteiger partial charge in [0.25, 0.3) is 5.91 Å². The minimum Gasteiger partial charge on any atom is -0.350 e. The van der Waals surface area contributed by atoms with Gasteiger partial charge in [-0.3, -0.25) is 9.78 Å². The van der Waals surface area contributed by atoms with E-state index in [-0.39, 0.29) is 11.9 Å². The van der Waals surface area contributed by atoms with Crippen LogP contribution < -0.4 is 10.6 Å². The van der Waals surface area contributed by atoms with Crippen molar-refractivity contribution >= 4 is 11.6 Å². The molecule has 1 amide bonds. The highest BCUT2D eigenvalue weighted by atomic mass is 16.1. The second kappa shape index (κ2) is 9.11. The van der Waals surface area contributed by atoms with Crippen LogP contribution in [0.3, 0.4) is 0 Å². The quantitative estimate of drug-likeness (QED) is 0.432. The summed E-state index contributed by atoms with van der Waals surface area (Å²) in [5.74, 6) is 0.339. The largest absolute Gasteiger partial charge is 0.350 e. The van der Waals surface area contributed by atoms with Gasteiger partial charge in [0.2, 0.25) is 0 Å². The van der Waals surface area contributed by atoms with Crippen LogP contribution in [0, 0.1) is 0 Å². The second-order valence-electron chi connectivity index (χ2n) is 8.61. The summed E-state index contributed by atoms with van der Waals surface area (Å²) in [4.78, 5) is 22.8. The lowest BCUT2D eigenvalue weighted by molar-refractivity contribution is 0.0950. The number of likely N-dealkylation sites (N-methyl/N-ethyl adjacent to an activating group) is 1. The zero-order chi connectivity index (χ0) is 22.8. The molecule has 0 aliphatic heterocycles. The maximum atomic E-state index is 13.0. The van der Waals surface area contributed by atoms with Crippen molar-refractivity contribution in [3.05, 3.63) is 72.2 Å². The Labute approximate surface area is 193 Å². The van der Waals surface area contributed by atoms with Gasteiger partial charge in [0.15, 0.2) is 5.65 Å². The lowest BCUT2D eigenvalue weighted by atomic mass is 10.1. The van der Waals surface area contributed by atoms with Gasteiger partial charge in [0.05, 0.1) is 23.1 Å². The number of aromatic nitrogens is 4. The number of carbonyl (C=O) groups excluding carboxylic acids is 1. The first-order valence-corrected chi connectivity index (χ1v) is 11.6. The molecule has 33 heavy (non-hydrogen) atoms. The van der Waals surface area contributed by atoms with E-state index in [9.17, 15) is 4.79 Å². The molecule has 7 nitrogen and oxygen atoms in total. The zero-order valence-corrected chi connectivity index (χ0v) is 19.0. The van der Waals surface area contributed by atoms with Crippen LogP contribution in [0.4, 0.5) is 0 Å². The maximum Gasteiger partial charge on any atom is 0.251 e. The third-order valence-corrected chi connectivity index (χ3v) is 5.94. The first-order chi connectivity index (χ1) is 16.1. The van der Waals surface area contributed by atoms with Gasteiger partial charge in [-0.25, -0.2) is 9.50 Å². The lowest BCUT2D eigenvalue weighted by Gasteiger charge is -2.14. The molecule has 1 atom stereocenters. The summed E-state index contributed by atoms with van der Waals surface area (Å²) in [6.45, 7) is 5.56. The van der Waals surface area contributed by atoms with E-state index in [2.05, 4.69) is 29.6 Å². The molecule has 1 aliphatic rings. The fraction of sp³-hybridized carbons (Fsp3) is 0.308. The molecule has 0 radical (unpaired) electrons. The summed E-state index contributed by atoms with van der Waals surface area (Å²) in [5.41, 5.74) is 5.80. The minimum atomic E-state index is -0.0836. The van der Waals surface area contributed by atoms with Crippen LogP contribution in [0.2, 0.25) is 0 Å². The van der Waals surface area contributed by atoms with Gasteiger partial charge in [0.1, 0.15) is 0 Å². The van der Waals surface area contributed by atoms with Gasteiger partial charge >= 0.3 is 0 Å². The molecular formula is C26H28N6O. The monoisotopic (exact) mass is 440 g/mol. The molecule has 0 saturated heterocycles. The van der Waals surface area contributed by atoms with Crippen LogP contribution in [-0.2, 0) is 0 Å². The zero-order valence-electron chi connectivity index (χ0n) is 19.0. The molecule has 2 N–H and O–H groups in total. The van der Waals surface area contributed by atoms with Crippen molar-refractivity contribution in [2.45, 2.75) is 38.6 Å². The Kier molecular flexibility index (Phi) is 5.88. The van der Waals surface area contributed by atoms with E-state index >= 15 is 0 Å². The number of nitrogens with one attached hydrogen (secondary N) is 2. The number of pyridine rings is 1. The number of nitrogens with zero attached hydrogens (tertiary/aromatic N) is 4. The maximum absolute atomic E-state index is 13.0. The van der Waals surface area contributed by atoms with Gasteiger partial charge < -0.3 is 10.6 Å². The number of hydrogen-bond acceptors (Lipinski definition) is 5. The molecule has 7 heteroatoms. The Hall–Kier alpha value is -3.58. The molecule has 1 unspecified atom stereocenters. The van der Waals surface area contributed by atoms with Crippen molar-refractivity contribution in [3.8, 4) is 22.5 Å². The van der Waals surface area contributed by atoms with Crippen LogP contribution in [0.1, 0.15) is 48.7 Å². The van der Waals surface area contributed by atoms with Crippen LogP contribution >= 0.6 is 0 Å². The van der Waals surface area contributed by atoms with E-state index in [4.69, 9.17) is 9.97 Å². The van der Waals surface area contributed by atoms with Crippen molar-refractivity contribution in [1.82, 2.24) is 30.2 Å². The Bertz CT molecular complexity index is 1280. The number of fused-ring (bicyclic) bond motifs is 1. The van der Waals surface area contributed by atoms with Gasteiger partial charge in [0, 0.05) is 41.5 Å². The number of hydrogen-bond donors (Lipinski definition) is 2. The van der Waals surface area contributed by atoms with Crippen molar-refractivity contribution in [2.24, 2.45) is 0 Å². The SMILES string of the molecule is CCNC(C)CNC(=O)c1cc(-c2cnn3ccc(-c4ccccc4)nc23)nc(C2CC2)c1. The summed E-state index contributed by atoms with van der Waals surface area (Å²) < 4.78 is 1.76. The summed E-state index contributed by atoms with van der Waals surface area (Å²) in [6.07, 6.45) is 5.92. The molecule has 5 rings (SSSR count). The second-order valence-corrected chi connectivity index (χ2v) is 8.61. The molecular weight excluding hydrogens is 412 g/mol. The molecule has 0 bridgehead atoms. The third kappa shape index (κ3) is 4.64. The molecule has 3 aromatic heterocycles. The number of rotatable bonds is 8. The average Bonchev–Trinajstić information content (AvgIpc) is 3.62.